The molecule has 1 aliphatic heterocycles. The summed E-state index contributed by atoms with van der Waals surface area (Å²) >= 11 is 1.33. The second-order valence-electron chi connectivity index (χ2n) is 9.48. The van der Waals surface area contributed by atoms with Gasteiger partial charge in [0, 0.05) is 22.4 Å². The molecule has 0 bridgehead atoms. The molecule has 3 atom stereocenters. The highest BCUT2D eigenvalue weighted by molar-refractivity contribution is 8.00. The van der Waals surface area contributed by atoms with E-state index in [1.165, 1.54) is 23.9 Å². The lowest BCUT2D eigenvalue weighted by Crippen LogP contribution is -2.59. The minimum Gasteiger partial charge on any atom is -0.322 e. The monoisotopic (exact) mass is 459 g/mol. The highest BCUT2D eigenvalue weighted by Crippen LogP contribution is 2.31. The van der Waals surface area contributed by atoms with Crippen LogP contribution in [0.4, 0.5) is 10.2 Å². The van der Waals surface area contributed by atoms with Crippen molar-refractivity contribution < 1.29 is 14.0 Å². The molecule has 1 saturated heterocycles. The molecule has 1 aromatic heterocycles. The van der Waals surface area contributed by atoms with Crippen LogP contribution in [0.5, 0.6) is 0 Å². The van der Waals surface area contributed by atoms with Crippen LogP contribution in [0.2, 0.25) is 0 Å². The number of benzene rings is 1. The molecule has 3 unspecified atom stereocenters. The van der Waals surface area contributed by atoms with Gasteiger partial charge in [-0.15, -0.1) is 11.8 Å². The maximum Gasteiger partial charge on any atom is 0.235 e. The number of nitrogens with one attached hydrogen (secondary N) is 3. The van der Waals surface area contributed by atoms with Crippen molar-refractivity contribution >= 4 is 29.4 Å². The molecule has 172 valence electrons. The largest absolute Gasteiger partial charge is 0.322 e. The molecule has 2 heterocycles. The zero-order valence-electron chi connectivity index (χ0n) is 18.7. The predicted molar refractivity (Wildman–Crippen MR) is 123 cm³/mol. The number of carbonyl (C=O) groups excluding carboxylic acids is 2. The van der Waals surface area contributed by atoms with E-state index in [4.69, 9.17) is 5.10 Å². The Kier molecular flexibility index (Phi) is 6.57. The van der Waals surface area contributed by atoms with Crippen molar-refractivity contribution in [3.8, 4) is 0 Å². The van der Waals surface area contributed by atoms with Gasteiger partial charge in [-0.3, -0.25) is 14.9 Å². The Balaban J connectivity index is 1.51. The third kappa shape index (κ3) is 5.15. The summed E-state index contributed by atoms with van der Waals surface area (Å²) in [6, 6.07) is 8.03. The van der Waals surface area contributed by atoms with Crippen molar-refractivity contribution in [3.05, 3.63) is 41.8 Å². The average molecular weight is 460 g/mol. The first-order chi connectivity index (χ1) is 15.2. The number of hydrogen-bond donors (Lipinski definition) is 3. The molecular weight excluding hydrogens is 429 g/mol. The Morgan fingerprint density at radius 3 is 2.69 bits per heavy atom. The van der Waals surface area contributed by atoms with Crippen molar-refractivity contribution in [2.24, 2.45) is 5.92 Å². The quantitative estimate of drug-likeness (QED) is 0.592. The van der Waals surface area contributed by atoms with E-state index in [1.54, 1.807) is 16.8 Å². The van der Waals surface area contributed by atoms with E-state index in [-0.39, 0.29) is 40.8 Å². The van der Waals surface area contributed by atoms with Crippen LogP contribution in [0.1, 0.15) is 58.4 Å². The van der Waals surface area contributed by atoms with Crippen molar-refractivity contribution in [1.29, 1.82) is 0 Å². The van der Waals surface area contributed by atoms with Gasteiger partial charge in [0.25, 0.3) is 0 Å². The Labute approximate surface area is 191 Å². The Morgan fingerprint density at radius 2 is 1.97 bits per heavy atom. The van der Waals surface area contributed by atoms with E-state index < -0.39 is 6.29 Å². The first-order valence-corrected chi connectivity index (χ1v) is 12.0. The van der Waals surface area contributed by atoms with Gasteiger partial charge < -0.3 is 10.6 Å². The maximum atomic E-state index is 13.1. The van der Waals surface area contributed by atoms with Gasteiger partial charge in [0.05, 0.1) is 17.4 Å². The van der Waals surface area contributed by atoms with Crippen LogP contribution in [-0.4, -0.2) is 33.4 Å². The van der Waals surface area contributed by atoms with Gasteiger partial charge in [0.1, 0.15) is 11.6 Å². The van der Waals surface area contributed by atoms with Crippen LogP contribution >= 0.6 is 11.8 Å². The first kappa shape index (κ1) is 22.8. The number of fused-ring (bicyclic) bond motifs is 1. The molecule has 2 aromatic rings. The molecule has 7 nitrogen and oxygen atoms in total. The topological polar surface area (TPSA) is 88.0 Å². The predicted octanol–water partition coefficient (Wildman–Crippen LogP) is 3.78. The Hall–Kier alpha value is -2.39. The smallest absolute Gasteiger partial charge is 0.235 e. The van der Waals surface area contributed by atoms with Gasteiger partial charge in [0.15, 0.2) is 6.29 Å². The van der Waals surface area contributed by atoms with E-state index in [2.05, 4.69) is 36.7 Å². The second-order valence-corrected chi connectivity index (χ2v) is 10.5. The molecule has 2 amide bonds. The minimum absolute atomic E-state index is 0.0113. The lowest BCUT2D eigenvalue weighted by molar-refractivity contribution is -0.132. The van der Waals surface area contributed by atoms with Crippen LogP contribution in [0.3, 0.4) is 0 Å². The molecule has 0 radical (unpaired) electrons. The fraction of sp³-hybridized carbons (Fsp3) is 0.522. The van der Waals surface area contributed by atoms with Gasteiger partial charge in [-0.25, -0.2) is 9.07 Å². The number of nitrogens with zero attached hydrogens (tertiary/aromatic N) is 2. The number of amides is 2. The zero-order valence-corrected chi connectivity index (χ0v) is 19.5. The maximum absolute atomic E-state index is 13.1. The van der Waals surface area contributed by atoms with Crippen molar-refractivity contribution in [3.63, 3.8) is 0 Å². The Morgan fingerprint density at radius 1 is 1.25 bits per heavy atom. The molecule has 2 fully saturated rings. The third-order valence-electron chi connectivity index (χ3n) is 5.95. The number of rotatable bonds is 5. The summed E-state index contributed by atoms with van der Waals surface area (Å²) in [6.07, 6.45) is 3.51. The number of aromatic nitrogens is 2. The molecule has 3 N–H and O–H groups in total. The molecule has 4 rings (SSSR count). The number of anilines is 1. The van der Waals surface area contributed by atoms with Crippen LogP contribution in [0.25, 0.3) is 0 Å². The summed E-state index contributed by atoms with van der Waals surface area (Å²) < 4.78 is 14.8. The Bertz CT molecular complexity index is 985. The standard InChI is InChI=1S/C23H30FN5O2S/c1-23(2,3)18-12-19(26-20(30)13-32-15-10-8-14(24)9-11-15)29(28-18)22-25-17-7-5-4-6-16(17)21(31)27-22/h8-12,16-17,22,25H,4-7,13H2,1-3H3,(H,26,30)(H,27,31). The molecule has 9 heteroatoms. The number of carbonyl (C=O) groups is 2. The SMILES string of the molecule is CC(C)(C)c1cc(NC(=O)CSc2ccc(F)cc2)n(C2NC(=O)C3CCCCC3N2)n1. The molecule has 32 heavy (non-hydrogen) atoms. The molecule has 1 aliphatic carbocycles. The minimum atomic E-state index is -0.516. The highest BCUT2D eigenvalue weighted by Gasteiger charge is 2.39. The van der Waals surface area contributed by atoms with E-state index >= 15 is 0 Å². The first-order valence-electron chi connectivity index (χ1n) is 11.1. The number of hydrogen-bond acceptors (Lipinski definition) is 5. The fourth-order valence-electron chi connectivity index (χ4n) is 4.17. The van der Waals surface area contributed by atoms with Gasteiger partial charge in [-0.2, -0.15) is 5.10 Å². The van der Waals surface area contributed by atoms with Crippen molar-refractivity contribution in [1.82, 2.24) is 20.4 Å². The van der Waals surface area contributed by atoms with Crippen molar-refractivity contribution in [2.45, 2.75) is 69.1 Å². The summed E-state index contributed by atoms with van der Waals surface area (Å²) in [6.45, 7) is 6.17. The van der Waals surface area contributed by atoms with Crippen LogP contribution in [0.15, 0.2) is 35.2 Å². The molecule has 0 spiro atoms. The molecule has 2 aliphatic rings. The van der Waals surface area contributed by atoms with Gasteiger partial charge in [-0.1, -0.05) is 33.6 Å². The van der Waals surface area contributed by atoms with Crippen molar-refractivity contribution in [2.75, 3.05) is 11.1 Å². The lowest BCUT2D eigenvalue weighted by Gasteiger charge is -2.40. The number of thioether (sulfide) groups is 1. The van der Waals surface area contributed by atoms with E-state index in [0.29, 0.717) is 5.82 Å². The highest BCUT2D eigenvalue weighted by atomic mass is 32.2. The van der Waals surface area contributed by atoms with E-state index in [1.807, 2.05) is 6.07 Å². The average Bonchev–Trinajstić information content (AvgIpc) is 3.17. The summed E-state index contributed by atoms with van der Waals surface area (Å²) in [5, 5.41) is 14.2. The molecule has 1 aromatic carbocycles. The normalized spacial score (nSPS) is 23.4. The van der Waals surface area contributed by atoms with Gasteiger partial charge in [0.2, 0.25) is 11.8 Å². The fourth-order valence-corrected chi connectivity index (χ4v) is 4.87. The summed E-state index contributed by atoms with van der Waals surface area (Å²) in [5.41, 5.74) is 0.598. The van der Waals surface area contributed by atoms with Gasteiger partial charge in [-0.05, 0) is 37.1 Å². The number of halogens is 1. The van der Waals surface area contributed by atoms with E-state index in [9.17, 15) is 14.0 Å². The van der Waals surface area contributed by atoms with Crippen LogP contribution < -0.4 is 16.0 Å². The van der Waals surface area contributed by atoms with Crippen LogP contribution in [-0.2, 0) is 15.0 Å². The molecular formula is C23H30FN5O2S. The summed E-state index contributed by atoms with van der Waals surface area (Å²) in [7, 11) is 0. The summed E-state index contributed by atoms with van der Waals surface area (Å²) in [4.78, 5) is 26.2. The lowest BCUT2D eigenvalue weighted by atomic mass is 9.83. The van der Waals surface area contributed by atoms with E-state index in [0.717, 1.165) is 36.3 Å². The zero-order chi connectivity index (χ0) is 22.9. The van der Waals surface area contributed by atoms with Gasteiger partial charge >= 0.3 is 0 Å². The third-order valence-corrected chi connectivity index (χ3v) is 6.97. The van der Waals surface area contributed by atoms with Crippen LogP contribution in [0, 0.1) is 11.7 Å². The molecule has 1 saturated carbocycles. The second kappa shape index (κ2) is 9.23. The summed E-state index contributed by atoms with van der Waals surface area (Å²) in [5.74, 6) is 0.236.